The van der Waals surface area contributed by atoms with E-state index in [1.54, 1.807) is 6.92 Å². The number of urea groups is 1. The molecule has 3 amide bonds. The first-order valence-corrected chi connectivity index (χ1v) is 12.9. The first-order chi connectivity index (χ1) is 16.2. The first kappa shape index (κ1) is 24.9. The normalized spacial score (nSPS) is 22.7. The van der Waals surface area contributed by atoms with Gasteiger partial charge in [0.2, 0.25) is 0 Å². The third kappa shape index (κ3) is 3.81. The molecule has 1 aromatic carbocycles. The molecule has 188 valence electrons. The Bertz CT molecular complexity index is 1430. The number of halogens is 3. The zero-order valence-corrected chi connectivity index (χ0v) is 19.7. The molecule has 2 heterocycles. The summed E-state index contributed by atoms with van der Waals surface area (Å²) >= 11 is 0. The fourth-order valence-electron chi connectivity index (χ4n) is 3.97. The maximum atomic E-state index is 13.5. The minimum Gasteiger partial charge on any atom is -0.276 e. The van der Waals surface area contributed by atoms with Gasteiger partial charge < -0.3 is 0 Å². The summed E-state index contributed by atoms with van der Waals surface area (Å²) in [7, 11) is -8.46. The first-order valence-electron chi connectivity index (χ1n) is 9.93. The van der Waals surface area contributed by atoms with Gasteiger partial charge >= 0.3 is 11.5 Å². The molecule has 35 heavy (non-hydrogen) atoms. The van der Waals surface area contributed by atoms with Gasteiger partial charge in [-0.1, -0.05) is 6.92 Å². The Balaban J connectivity index is 1.76. The summed E-state index contributed by atoms with van der Waals surface area (Å²) in [6.07, 6.45) is 2.70. The van der Waals surface area contributed by atoms with E-state index in [2.05, 4.69) is 14.4 Å². The quantitative estimate of drug-likeness (QED) is 0.540. The van der Waals surface area contributed by atoms with E-state index in [4.69, 9.17) is 0 Å². The van der Waals surface area contributed by atoms with Crippen molar-refractivity contribution in [3.8, 4) is 0 Å². The number of pyridine rings is 1. The van der Waals surface area contributed by atoms with Crippen LogP contribution in [0.15, 0.2) is 47.6 Å². The molecule has 1 spiro atoms. The van der Waals surface area contributed by atoms with Gasteiger partial charge in [0.15, 0.2) is 0 Å². The van der Waals surface area contributed by atoms with Crippen molar-refractivity contribution in [2.45, 2.75) is 29.3 Å². The Morgan fingerprint density at radius 1 is 1.09 bits per heavy atom. The number of carbonyl (C=O) groups is 2. The lowest BCUT2D eigenvalue weighted by Crippen LogP contribution is -2.39. The number of hydrogen-bond donors (Lipinski definition) is 2. The van der Waals surface area contributed by atoms with Crippen LogP contribution in [0.3, 0.4) is 0 Å². The molecule has 2 aliphatic rings. The molecule has 2 unspecified atom stereocenters. The molecule has 0 radical (unpaired) electrons. The monoisotopic (exact) mass is 533 g/mol. The zero-order chi connectivity index (χ0) is 26.0. The third-order valence-electron chi connectivity index (χ3n) is 5.89. The highest BCUT2D eigenvalue weighted by Crippen LogP contribution is 2.56. The van der Waals surface area contributed by atoms with Crippen molar-refractivity contribution in [2.24, 2.45) is 5.92 Å². The lowest BCUT2D eigenvalue weighted by atomic mass is 10.1. The molecule has 1 aliphatic carbocycles. The van der Waals surface area contributed by atoms with Crippen molar-refractivity contribution in [1.82, 2.24) is 9.71 Å². The Morgan fingerprint density at radius 3 is 2.20 bits per heavy atom. The van der Waals surface area contributed by atoms with E-state index in [0.29, 0.717) is 12.1 Å². The lowest BCUT2D eigenvalue weighted by molar-refractivity contribution is -0.119. The highest BCUT2D eigenvalue weighted by Gasteiger charge is 2.71. The van der Waals surface area contributed by atoms with Crippen molar-refractivity contribution in [3.05, 3.63) is 42.7 Å². The highest BCUT2D eigenvalue weighted by atomic mass is 32.2. The molecule has 0 bridgehead atoms. The summed E-state index contributed by atoms with van der Waals surface area (Å²) in [5.41, 5.74) is -7.06. The molecule has 1 aliphatic heterocycles. The molecule has 1 saturated carbocycles. The van der Waals surface area contributed by atoms with Gasteiger partial charge in [-0.3, -0.25) is 19.4 Å². The number of nitrogens with one attached hydrogen (secondary N) is 2. The van der Waals surface area contributed by atoms with Crippen LogP contribution in [0.5, 0.6) is 0 Å². The van der Waals surface area contributed by atoms with Crippen LogP contribution in [-0.4, -0.2) is 51.9 Å². The van der Waals surface area contributed by atoms with Crippen molar-refractivity contribution in [2.75, 3.05) is 21.6 Å². The minimum atomic E-state index is -5.62. The third-order valence-corrected chi connectivity index (χ3v) is 8.42. The molecule has 2 atom stereocenters. The summed E-state index contributed by atoms with van der Waals surface area (Å²) in [6, 6.07) is 3.62. The van der Waals surface area contributed by atoms with Gasteiger partial charge in [0.05, 0.1) is 28.2 Å². The Labute approximate surface area is 198 Å². The zero-order valence-electron chi connectivity index (χ0n) is 18.1. The van der Waals surface area contributed by atoms with Gasteiger partial charge in [-0.15, -0.1) is 0 Å². The molecule has 11 nitrogen and oxygen atoms in total. The molecule has 1 aromatic heterocycles. The number of imide groups is 1. The number of carbonyl (C=O) groups excluding carboxylic acids is 2. The SMILES string of the molecule is CNS(=O)(=O)Nc1cnccc1N1C(=O)N(c2ccc(S(=O)(=O)C(F)(F)F)cc2)C(=O)C12CC2C. The van der Waals surface area contributed by atoms with Crippen LogP contribution in [0.25, 0.3) is 0 Å². The maximum Gasteiger partial charge on any atom is 0.501 e. The van der Waals surface area contributed by atoms with Crippen LogP contribution in [0, 0.1) is 5.92 Å². The van der Waals surface area contributed by atoms with Gasteiger partial charge in [-0.05, 0) is 42.7 Å². The van der Waals surface area contributed by atoms with Crippen LogP contribution in [-0.2, 0) is 24.8 Å². The van der Waals surface area contributed by atoms with Crippen LogP contribution in [0.4, 0.5) is 35.0 Å². The van der Waals surface area contributed by atoms with E-state index in [0.717, 1.165) is 35.2 Å². The Morgan fingerprint density at radius 2 is 1.69 bits per heavy atom. The Kier molecular flexibility index (Phi) is 5.61. The molecule has 2 N–H and O–H groups in total. The summed E-state index contributed by atoms with van der Waals surface area (Å²) in [6.45, 7) is 1.71. The average Bonchev–Trinajstić information content (AvgIpc) is 3.40. The second kappa shape index (κ2) is 7.89. The predicted molar refractivity (Wildman–Crippen MR) is 117 cm³/mol. The largest absolute Gasteiger partial charge is 0.501 e. The van der Waals surface area contributed by atoms with Crippen LogP contribution in [0.1, 0.15) is 13.3 Å². The predicted octanol–water partition coefficient (Wildman–Crippen LogP) is 2.00. The van der Waals surface area contributed by atoms with Gasteiger partial charge in [0, 0.05) is 13.2 Å². The highest BCUT2D eigenvalue weighted by molar-refractivity contribution is 7.92. The molecule has 2 aromatic rings. The number of amides is 3. The number of nitrogens with zero attached hydrogens (tertiary/aromatic N) is 3. The lowest BCUT2D eigenvalue weighted by Gasteiger charge is -2.24. The maximum absolute atomic E-state index is 13.5. The molecular weight excluding hydrogens is 515 g/mol. The van der Waals surface area contributed by atoms with Gasteiger partial charge in [-0.2, -0.15) is 21.6 Å². The van der Waals surface area contributed by atoms with Crippen LogP contribution < -0.4 is 19.2 Å². The number of alkyl halides is 3. The van der Waals surface area contributed by atoms with E-state index in [9.17, 15) is 39.6 Å². The molecular formula is C19H18F3N5O6S2. The number of rotatable bonds is 6. The average molecular weight is 534 g/mol. The molecule has 4 rings (SSSR count). The molecule has 2 fully saturated rings. The second-order valence-corrected chi connectivity index (χ2v) is 11.5. The number of anilines is 3. The Hall–Kier alpha value is -3.24. The number of hydrogen-bond acceptors (Lipinski definition) is 7. The van der Waals surface area contributed by atoms with Gasteiger partial charge in [-0.25, -0.2) is 22.8 Å². The summed E-state index contributed by atoms with van der Waals surface area (Å²) in [4.78, 5) is 31.5. The summed E-state index contributed by atoms with van der Waals surface area (Å²) in [5, 5.41) is 0. The smallest absolute Gasteiger partial charge is 0.276 e. The van der Waals surface area contributed by atoms with Crippen molar-refractivity contribution >= 4 is 49.0 Å². The van der Waals surface area contributed by atoms with Crippen LogP contribution in [0.2, 0.25) is 0 Å². The van der Waals surface area contributed by atoms with Crippen molar-refractivity contribution < 1.29 is 39.6 Å². The number of sulfone groups is 1. The van der Waals surface area contributed by atoms with Gasteiger partial charge in [0.1, 0.15) is 5.54 Å². The fourth-order valence-corrected chi connectivity index (χ4v) is 5.29. The second-order valence-electron chi connectivity index (χ2n) is 7.93. The number of benzene rings is 1. The van der Waals surface area contributed by atoms with E-state index < -0.39 is 47.9 Å². The van der Waals surface area contributed by atoms with Crippen LogP contribution >= 0.6 is 0 Å². The van der Waals surface area contributed by atoms with Gasteiger partial charge in [0.25, 0.3) is 26.0 Å². The summed E-state index contributed by atoms with van der Waals surface area (Å²) in [5.74, 6) is -1.00. The molecule has 16 heteroatoms. The summed E-state index contributed by atoms with van der Waals surface area (Å²) < 4.78 is 90.2. The van der Waals surface area contributed by atoms with E-state index in [1.807, 2.05) is 0 Å². The van der Waals surface area contributed by atoms with Crippen molar-refractivity contribution in [3.63, 3.8) is 0 Å². The number of aromatic nitrogens is 1. The van der Waals surface area contributed by atoms with Crippen molar-refractivity contribution in [1.29, 1.82) is 0 Å². The van der Waals surface area contributed by atoms with E-state index >= 15 is 0 Å². The topological polar surface area (TPSA) is 146 Å². The standard InChI is InChI=1S/C19H18F3N5O6S2/c1-11-9-18(11)16(28)26(12-3-5-13(6-4-12)34(30,31)19(20,21)22)17(29)27(18)15-7-8-24-10-14(15)25-35(32,33)23-2/h3-8,10-11,23,25H,9H2,1-2H3. The fraction of sp³-hybridized carbons (Fsp3) is 0.316. The van der Waals surface area contributed by atoms with E-state index in [1.165, 1.54) is 12.3 Å². The minimum absolute atomic E-state index is 0.0419. The van der Waals surface area contributed by atoms with E-state index in [-0.39, 0.29) is 29.4 Å². The molecule has 1 saturated heterocycles.